The number of benzene rings is 2. The number of aryl methyl sites for hydroxylation is 1. The number of anilines is 1. The van der Waals surface area contributed by atoms with Gasteiger partial charge in [0.15, 0.2) is 0 Å². The highest BCUT2D eigenvalue weighted by Gasteiger charge is 2.35. The first-order valence-corrected chi connectivity index (χ1v) is 8.36. The van der Waals surface area contributed by atoms with E-state index < -0.39 is 0 Å². The van der Waals surface area contributed by atoms with Gasteiger partial charge >= 0.3 is 0 Å². The van der Waals surface area contributed by atoms with Crippen LogP contribution in [0.25, 0.3) is 0 Å². The molecule has 2 aromatic carbocycles. The number of rotatable bonds is 2. The SMILES string of the molecule is Cc1ccc(F)cc1N1C(=O)CS[C@H]1c1ccccc1Br. The first-order valence-electron chi connectivity index (χ1n) is 6.52. The maximum absolute atomic E-state index is 13.6. The third-order valence-corrected chi connectivity index (χ3v) is 5.39. The van der Waals surface area contributed by atoms with Crippen molar-refractivity contribution < 1.29 is 9.18 Å². The largest absolute Gasteiger partial charge is 0.295 e. The van der Waals surface area contributed by atoms with Gasteiger partial charge in [-0.1, -0.05) is 40.2 Å². The summed E-state index contributed by atoms with van der Waals surface area (Å²) in [4.78, 5) is 14.0. The molecule has 5 heteroatoms. The third-order valence-electron chi connectivity index (χ3n) is 3.47. The summed E-state index contributed by atoms with van der Waals surface area (Å²) in [6.07, 6.45) is 0. The zero-order chi connectivity index (χ0) is 15.0. The van der Waals surface area contributed by atoms with Gasteiger partial charge in [-0.2, -0.15) is 0 Å². The molecule has 0 bridgehead atoms. The van der Waals surface area contributed by atoms with Crippen LogP contribution in [0.3, 0.4) is 0 Å². The smallest absolute Gasteiger partial charge is 0.238 e. The van der Waals surface area contributed by atoms with Crippen molar-refractivity contribution >= 4 is 39.3 Å². The number of amides is 1. The number of carbonyl (C=O) groups excluding carboxylic acids is 1. The van der Waals surface area contributed by atoms with Gasteiger partial charge in [0.05, 0.1) is 11.4 Å². The van der Waals surface area contributed by atoms with E-state index in [-0.39, 0.29) is 17.1 Å². The maximum Gasteiger partial charge on any atom is 0.238 e. The summed E-state index contributed by atoms with van der Waals surface area (Å²) in [6.45, 7) is 1.89. The number of hydrogen-bond acceptors (Lipinski definition) is 2. The fraction of sp³-hybridized carbons (Fsp3) is 0.188. The van der Waals surface area contributed by atoms with E-state index in [9.17, 15) is 9.18 Å². The van der Waals surface area contributed by atoms with Crippen LogP contribution < -0.4 is 4.90 Å². The van der Waals surface area contributed by atoms with Crippen LogP contribution in [0.15, 0.2) is 46.9 Å². The zero-order valence-electron chi connectivity index (χ0n) is 11.3. The lowest BCUT2D eigenvalue weighted by Crippen LogP contribution is -2.28. The van der Waals surface area contributed by atoms with Crippen LogP contribution in [0, 0.1) is 12.7 Å². The molecule has 0 saturated carbocycles. The summed E-state index contributed by atoms with van der Waals surface area (Å²) in [6, 6.07) is 12.4. The lowest BCUT2D eigenvalue weighted by atomic mass is 10.1. The summed E-state index contributed by atoms with van der Waals surface area (Å²) in [7, 11) is 0. The van der Waals surface area contributed by atoms with E-state index in [1.165, 1.54) is 12.1 Å². The molecule has 21 heavy (non-hydrogen) atoms. The lowest BCUT2D eigenvalue weighted by Gasteiger charge is -2.26. The van der Waals surface area contributed by atoms with Crippen molar-refractivity contribution in [2.24, 2.45) is 0 Å². The molecule has 1 saturated heterocycles. The summed E-state index contributed by atoms with van der Waals surface area (Å²) < 4.78 is 14.5. The van der Waals surface area contributed by atoms with Gasteiger partial charge in [0.25, 0.3) is 0 Å². The standard InChI is InChI=1S/C16H13BrFNOS/c1-10-6-7-11(18)8-14(10)19-15(20)9-21-16(19)12-4-2-3-5-13(12)17/h2-8,16H,9H2,1H3/t16-/m0/s1. The topological polar surface area (TPSA) is 20.3 Å². The molecule has 3 rings (SSSR count). The molecule has 2 nitrogen and oxygen atoms in total. The fourth-order valence-corrected chi connectivity index (χ4v) is 4.29. The summed E-state index contributed by atoms with van der Waals surface area (Å²) in [5.74, 6) is 0.0859. The van der Waals surface area contributed by atoms with Gasteiger partial charge in [-0.05, 0) is 36.2 Å². The Morgan fingerprint density at radius 3 is 2.81 bits per heavy atom. The highest BCUT2D eigenvalue weighted by atomic mass is 79.9. The van der Waals surface area contributed by atoms with Crippen LogP contribution in [0.2, 0.25) is 0 Å². The fourth-order valence-electron chi connectivity index (χ4n) is 2.43. The predicted molar refractivity (Wildman–Crippen MR) is 88.0 cm³/mol. The van der Waals surface area contributed by atoms with Crippen LogP contribution in [-0.4, -0.2) is 11.7 Å². The van der Waals surface area contributed by atoms with Gasteiger partial charge < -0.3 is 0 Å². The molecule has 1 fully saturated rings. The van der Waals surface area contributed by atoms with E-state index in [0.29, 0.717) is 11.4 Å². The summed E-state index contributed by atoms with van der Waals surface area (Å²) in [5, 5.41) is -0.131. The van der Waals surface area contributed by atoms with E-state index in [1.807, 2.05) is 31.2 Å². The van der Waals surface area contributed by atoms with Crippen LogP contribution in [0.4, 0.5) is 10.1 Å². The monoisotopic (exact) mass is 365 g/mol. The number of hydrogen-bond donors (Lipinski definition) is 0. The minimum atomic E-state index is -0.328. The van der Waals surface area contributed by atoms with Crippen molar-refractivity contribution in [3.8, 4) is 0 Å². The van der Waals surface area contributed by atoms with E-state index >= 15 is 0 Å². The second-order valence-corrected chi connectivity index (χ2v) is 6.80. The number of carbonyl (C=O) groups is 1. The molecule has 1 aliphatic rings. The second-order valence-electron chi connectivity index (χ2n) is 4.88. The van der Waals surface area contributed by atoms with Gasteiger partial charge in [-0.25, -0.2) is 4.39 Å². The van der Waals surface area contributed by atoms with Crippen molar-refractivity contribution in [1.29, 1.82) is 0 Å². The average Bonchev–Trinajstić information content (AvgIpc) is 2.84. The molecule has 0 unspecified atom stereocenters. The minimum absolute atomic E-state index is 0.00875. The molecule has 0 spiro atoms. The first kappa shape index (κ1) is 14.6. The quantitative estimate of drug-likeness (QED) is 0.770. The first-order chi connectivity index (χ1) is 10.1. The molecule has 0 aromatic heterocycles. The van der Waals surface area contributed by atoms with Crippen LogP contribution in [-0.2, 0) is 4.79 Å². The Hall–Kier alpha value is -1.33. The highest BCUT2D eigenvalue weighted by Crippen LogP contribution is 2.44. The molecule has 1 aliphatic heterocycles. The minimum Gasteiger partial charge on any atom is -0.295 e. The molecule has 2 aromatic rings. The van der Waals surface area contributed by atoms with E-state index in [1.54, 1.807) is 22.7 Å². The Bertz CT molecular complexity index is 706. The van der Waals surface area contributed by atoms with Crippen molar-refractivity contribution in [3.05, 3.63) is 63.9 Å². The van der Waals surface area contributed by atoms with Crippen LogP contribution in [0.5, 0.6) is 0 Å². The molecule has 1 amide bonds. The molecular weight excluding hydrogens is 353 g/mol. The number of halogens is 2. The summed E-state index contributed by atoms with van der Waals surface area (Å²) in [5.41, 5.74) is 2.56. The van der Waals surface area contributed by atoms with Crippen molar-refractivity contribution in [2.75, 3.05) is 10.7 Å². The Balaban J connectivity index is 2.08. The van der Waals surface area contributed by atoms with Gasteiger partial charge in [0.2, 0.25) is 5.91 Å². The Morgan fingerprint density at radius 2 is 2.05 bits per heavy atom. The van der Waals surface area contributed by atoms with E-state index in [0.717, 1.165) is 15.6 Å². The Morgan fingerprint density at radius 1 is 1.29 bits per heavy atom. The number of nitrogens with zero attached hydrogens (tertiary/aromatic N) is 1. The van der Waals surface area contributed by atoms with E-state index in [2.05, 4.69) is 15.9 Å². The van der Waals surface area contributed by atoms with Crippen molar-refractivity contribution in [2.45, 2.75) is 12.3 Å². The lowest BCUT2D eigenvalue weighted by molar-refractivity contribution is -0.115. The molecule has 0 N–H and O–H groups in total. The molecular formula is C16H13BrFNOS. The summed E-state index contributed by atoms with van der Waals surface area (Å²) >= 11 is 5.09. The normalized spacial score (nSPS) is 18.3. The highest BCUT2D eigenvalue weighted by molar-refractivity contribution is 9.10. The Kier molecular flexibility index (Phi) is 4.04. The molecule has 0 radical (unpaired) electrons. The average molecular weight is 366 g/mol. The van der Waals surface area contributed by atoms with Gasteiger partial charge in [-0.3, -0.25) is 9.69 Å². The molecule has 0 aliphatic carbocycles. The van der Waals surface area contributed by atoms with Crippen LogP contribution >= 0.6 is 27.7 Å². The molecule has 1 heterocycles. The Labute approximate surface area is 135 Å². The maximum atomic E-state index is 13.6. The van der Waals surface area contributed by atoms with Crippen molar-refractivity contribution in [1.82, 2.24) is 0 Å². The second kappa shape index (κ2) is 5.81. The van der Waals surface area contributed by atoms with Crippen LogP contribution in [0.1, 0.15) is 16.5 Å². The van der Waals surface area contributed by atoms with Gasteiger partial charge in [-0.15, -0.1) is 11.8 Å². The predicted octanol–water partition coefficient (Wildman–Crippen LogP) is 4.68. The molecule has 1 atom stereocenters. The van der Waals surface area contributed by atoms with Gasteiger partial charge in [0, 0.05) is 4.47 Å². The van der Waals surface area contributed by atoms with Gasteiger partial charge in [0.1, 0.15) is 11.2 Å². The number of thioether (sulfide) groups is 1. The molecule has 108 valence electrons. The third kappa shape index (κ3) is 2.72. The van der Waals surface area contributed by atoms with E-state index in [4.69, 9.17) is 0 Å². The zero-order valence-corrected chi connectivity index (χ0v) is 13.7. The van der Waals surface area contributed by atoms with Crippen molar-refractivity contribution in [3.63, 3.8) is 0 Å².